The Bertz CT molecular complexity index is 585. The van der Waals surface area contributed by atoms with Gasteiger partial charge in [-0.2, -0.15) is 0 Å². The van der Waals surface area contributed by atoms with Crippen LogP contribution in [0.25, 0.3) is 0 Å². The van der Waals surface area contributed by atoms with Gasteiger partial charge in [0.1, 0.15) is 0 Å². The third kappa shape index (κ3) is 3.12. The maximum atomic E-state index is 9.76. The molecule has 0 aliphatic rings. The fourth-order valence-electron chi connectivity index (χ4n) is 1.93. The average molecular weight is 273 g/mol. The van der Waals surface area contributed by atoms with Crippen LogP contribution in [-0.2, 0) is 6.54 Å². The van der Waals surface area contributed by atoms with Crippen LogP contribution < -0.4 is 15.0 Å². The van der Waals surface area contributed by atoms with Crippen LogP contribution in [0.1, 0.15) is 5.56 Å². The second-order valence-electron chi connectivity index (χ2n) is 4.63. The molecule has 106 valence electrons. The Morgan fingerprint density at radius 1 is 1.30 bits per heavy atom. The standard InChI is InChI=1S/C15H19N3O2/c1-18(2)15-12(5-4-8-16-15)17-10-11-6-7-14(20-3)13(19)9-11/h4-9,17,19H,10H2,1-3H3. The van der Waals surface area contributed by atoms with E-state index in [2.05, 4.69) is 10.3 Å². The van der Waals surface area contributed by atoms with Crippen LogP contribution in [-0.4, -0.2) is 31.3 Å². The highest BCUT2D eigenvalue weighted by atomic mass is 16.5. The number of aromatic nitrogens is 1. The van der Waals surface area contributed by atoms with Gasteiger partial charge in [0.25, 0.3) is 0 Å². The zero-order valence-electron chi connectivity index (χ0n) is 11.9. The number of aromatic hydroxyl groups is 1. The van der Waals surface area contributed by atoms with Crippen LogP contribution >= 0.6 is 0 Å². The van der Waals surface area contributed by atoms with E-state index in [1.54, 1.807) is 18.3 Å². The van der Waals surface area contributed by atoms with Gasteiger partial charge in [0.2, 0.25) is 0 Å². The van der Waals surface area contributed by atoms with Crippen LogP contribution in [0.4, 0.5) is 11.5 Å². The molecule has 2 N–H and O–H groups in total. The summed E-state index contributed by atoms with van der Waals surface area (Å²) in [6.07, 6.45) is 1.76. The number of ether oxygens (including phenoxy) is 1. The average Bonchev–Trinajstić information content (AvgIpc) is 2.45. The van der Waals surface area contributed by atoms with Gasteiger partial charge in [-0.25, -0.2) is 4.98 Å². The molecular formula is C15H19N3O2. The van der Waals surface area contributed by atoms with Crippen molar-refractivity contribution in [3.63, 3.8) is 0 Å². The topological polar surface area (TPSA) is 57.6 Å². The predicted molar refractivity (Wildman–Crippen MR) is 80.5 cm³/mol. The summed E-state index contributed by atoms with van der Waals surface area (Å²) in [5, 5.41) is 13.1. The maximum Gasteiger partial charge on any atom is 0.160 e. The Balaban J connectivity index is 2.11. The number of phenols is 1. The van der Waals surface area contributed by atoms with Crippen molar-refractivity contribution in [1.29, 1.82) is 0 Å². The molecule has 20 heavy (non-hydrogen) atoms. The molecule has 0 aliphatic carbocycles. The molecule has 2 rings (SSSR count). The molecule has 0 unspecified atom stereocenters. The van der Waals surface area contributed by atoms with Crippen LogP contribution in [0.15, 0.2) is 36.5 Å². The predicted octanol–water partition coefficient (Wildman–Crippen LogP) is 2.47. The second kappa shape index (κ2) is 6.14. The molecule has 0 bridgehead atoms. The number of benzene rings is 1. The molecule has 1 aromatic carbocycles. The van der Waals surface area contributed by atoms with Gasteiger partial charge >= 0.3 is 0 Å². The summed E-state index contributed by atoms with van der Waals surface area (Å²) in [6.45, 7) is 0.601. The van der Waals surface area contributed by atoms with Crippen molar-refractivity contribution in [1.82, 2.24) is 4.98 Å². The number of rotatable bonds is 5. The van der Waals surface area contributed by atoms with E-state index in [-0.39, 0.29) is 5.75 Å². The third-order valence-corrected chi connectivity index (χ3v) is 2.94. The number of methoxy groups -OCH3 is 1. The van der Waals surface area contributed by atoms with Crippen molar-refractivity contribution in [3.05, 3.63) is 42.1 Å². The number of nitrogens with one attached hydrogen (secondary N) is 1. The van der Waals surface area contributed by atoms with Crippen molar-refractivity contribution in [2.24, 2.45) is 0 Å². The molecule has 0 amide bonds. The summed E-state index contributed by atoms with van der Waals surface area (Å²) in [4.78, 5) is 6.28. The SMILES string of the molecule is COc1ccc(CNc2cccnc2N(C)C)cc1O. The molecule has 5 nitrogen and oxygen atoms in total. The molecular weight excluding hydrogens is 254 g/mol. The summed E-state index contributed by atoms with van der Waals surface area (Å²) < 4.78 is 5.03. The van der Waals surface area contributed by atoms with Crippen molar-refractivity contribution in [2.75, 3.05) is 31.4 Å². The van der Waals surface area contributed by atoms with E-state index in [9.17, 15) is 5.11 Å². The largest absolute Gasteiger partial charge is 0.504 e. The monoisotopic (exact) mass is 273 g/mol. The van der Waals surface area contributed by atoms with Gasteiger partial charge in [-0.1, -0.05) is 6.07 Å². The van der Waals surface area contributed by atoms with Gasteiger partial charge in [-0.05, 0) is 29.8 Å². The lowest BCUT2D eigenvalue weighted by molar-refractivity contribution is 0.373. The fraction of sp³-hybridized carbons (Fsp3) is 0.267. The molecule has 0 spiro atoms. The van der Waals surface area contributed by atoms with Crippen LogP contribution in [0.5, 0.6) is 11.5 Å². The lowest BCUT2D eigenvalue weighted by Gasteiger charge is -2.17. The fourth-order valence-corrected chi connectivity index (χ4v) is 1.93. The third-order valence-electron chi connectivity index (χ3n) is 2.94. The van der Waals surface area contributed by atoms with E-state index in [4.69, 9.17) is 4.74 Å². The van der Waals surface area contributed by atoms with E-state index >= 15 is 0 Å². The lowest BCUT2D eigenvalue weighted by atomic mass is 10.2. The van der Waals surface area contributed by atoms with E-state index in [1.165, 1.54) is 7.11 Å². The quantitative estimate of drug-likeness (QED) is 0.876. The van der Waals surface area contributed by atoms with Gasteiger partial charge in [-0.3, -0.25) is 0 Å². The minimum Gasteiger partial charge on any atom is -0.504 e. The van der Waals surface area contributed by atoms with Gasteiger partial charge in [0.05, 0.1) is 12.8 Å². The molecule has 1 aromatic heterocycles. The van der Waals surface area contributed by atoms with Gasteiger partial charge in [0, 0.05) is 26.8 Å². The van der Waals surface area contributed by atoms with E-state index in [0.717, 1.165) is 17.1 Å². The Labute approximate surface area is 118 Å². The highest BCUT2D eigenvalue weighted by Gasteiger charge is 2.06. The minimum atomic E-state index is 0.144. The maximum absolute atomic E-state index is 9.76. The summed E-state index contributed by atoms with van der Waals surface area (Å²) >= 11 is 0. The second-order valence-corrected chi connectivity index (χ2v) is 4.63. The summed E-state index contributed by atoms with van der Waals surface area (Å²) in [5.74, 6) is 1.50. The van der Waals surface area contributed by atoms with Crippen molar-refractivity contribution < 1.29 is 9.84 Å². The molecule has 0 fully saturated rings. The molecule has 1 heterocycles. The number of phenolic OH excluding ortho intramolecular Hbond substituents is 1. The molecule has 0 radical (unpaired) electrons. The molecule has 2 aromatic rings. The summed E-state index contributed by atoms with van der Waals surface area (Å²) in [7, 11) is 5.44. The van der Waals surface area contributed by atoms with Crippen molar-refractivity contribution in [2.45, 2.75) is 6.54 Å². The molecule has 0 atom stereocenters. The van der Waals surface area contributed by atoms with Crippen molar-refractivity contribution >= 4 is 11.5 Å². The van der Waals surface area contributed by atoms with Crippen LogP contribution in [0, 0.1) is 0 Å². The first kappa shape index (κ1) is 14.0. The number of hydrogen-bond acceptors (Lipinski definition) is 5. The minimum absolute atomic E-state index is 0.144. The Kier molecular flexibility index (Phi) is 4.30. The van der Waals surface area contributed by atoms with E-state index < -0.39 is 0 Å². The Hall–Kier alpha value is -2.43. The normalized spacial score (nSPS) is 10.2. The Morgan fingerprint density at radius 3 is 2.75 bits per heavy atom. The first-order valence-electron chi connectivity index (χ1n) is 6.34. The zero-order chi connectivity index (χ0) is 14.5. The molecule has 0 saturated heterocycles. The van der Waals surface area contributed by atoms with Gasteiger partial charge in [-0.15, -0.1) is 0 Å². The molecule has 0 saturated carbocycles. The van der Waals surface area contributed by atoms with Crippen LogP contribution in [0.3, 0.4) is 0 Å². The number of nitrogens with zero attached hydrogens (tertiary/aromatic N) is 2. The number of hydrogen-bond donors (Lipinski definition) is 2. The highest BCUT2D eigenvalue weighted by Crippen LogP contribution is 2.27. The van der Waals surface area contributed by atoms with Gasteiger partial charge < -0.3 is 20.1 Å². The number of pyridine rings is 1. The molecule has 5 heteroatoms. The molecule has 0 aliphatic heterocycles. The van der Waals surface area contributed by atoms with Gasteiger partial charge in [0.15, 0.2) is 17.3 Å². The van der Waals surface area contributed by atoms with Crippen LogP contribution in [0.2, 0.25) is 0 Å². The van der Waals surface area contributed by atoms with E-state index in [1.807, 2.05) is 37.2 Å². The summed E-state index contributed by atoms with van der Waals surface area (Å²) in [6, 6.07) is 9.23. The number of anilines is 2. The smallest absolute Gasteiger partial charge is 0.160 e. The lowest BCUT2D eigenvalue weighted by Crippen LogP contribution is -2.13. The first-order chi connectivity index (χ1) is 9.61. The Morgan fingerprint density at radius 2 is 2.10 bits per heavy atom. The summed E-state index contributed by atoms with van der Waals surface area (Å²) in [5.41, 5.74) is 1.92. The van der Waals surface area contributed by atoms with E-state index in [0.29, 0.717) is 12.3 Å². The zero-order valence-corrected chi connectivity index (χ0v) is 11.9. The highest BCUT2D eigenvalue weighted by molar-refractivity contribution is 5.64. The van der Waals surface area contributed by atoms with Crippen molar-refractivity contribution in [3.8, 4) is 11.5 Å². The first-order valence-corrected chi connectivity index (χ1v) is 6.34.